The molecule has 0 saturated carbocycles. The van der Waals surface area contributed by atoms with Gasteiger partial charge in [0, 0.05) is 25.0 Å². The highest BCUT2D eigenvalue weighted by atomic mass is 35.5. The number of hydrogen-bond acceptors (Lipinski definition) is 5. The zero-order valence-electron chi connectivity index (χ0n) is 11.7. The van der Waals surface area contributed by atoms with Gasteiger partial charge in [0.05, 0.1) is 12.6 Å². The highest BCUT2D eigenvalue weighted by Crippen LogP contribution is 2.36. The fourth-order valence-electron chi connectivity index (χ4n) is 1.88. The lowest BCUT2D eigenvalue weighted by Gasteiger charge is -2.19. The Balaban J connectivity index is 2.69. The van der Waals surface area contributed by atoms with Gasteiger partial charge in [-0.1, -0.05) is 0 Å². The monoisotopic (exact) mass is 317 g/mol. The van der Waals surface area contributed by atoms with Crippen molar-refractivity contribution in [2.45, 2.75) is 13.5 Å². The molecule has 0 unspecified atom stereocenters. The van der Waals surface area contributed by atoms with Gasteiger partial charge in [-0.05, 0) is 24.6 Å². The van der Waals surface area contributed by atoms with E-state index in [0.29, 0.717) is 23.3 Å². The van der Waals surface area contributed by atoms with Crippen LogP contribution in [0.3, 0.4) is 0 Å². The number of halogens is 3. The molecule has 1 aromatic heterocycles. The molecule has 0 aliphatic carbocycles. The molecule has 114 valence electrons. The topological polar surface area (TPSA) is 47.5 Å². The summed E-state index contributed by atoms with van der Waals surface area (Å²) in [6, 6.07) is 2.92. The van der Waals surface area contributed by atoms with E-state index in [2.05, 4.69) is 14.7 Å². The first-order valence-electron chi connectivity index (χ1n) is 6.17. The summed E-state index contributed by atoms with van der Waals surface area (Å²) in [4.78, 5) is 10.1. The maximum Gasteiger partial charge on any atom is 0.387 e. The summed E-state index contributed by atoms with van der Waals surface area (Å²) in [6.07, 6.45) is 0. The van der Waals surface area contributed by atoms with Crippen LogP contribution in [-0.4, -0.2) is 37.3 Å². The summed E-state index contributed by atoms with van der Waals surface area (Å²) in [5.74, 6) is 0.619. The first kappa shape index (κ1) is 15.5. The number of hydrogen-bond donors (Lipinski definition) is 0. The van der Waals surface area contributed by atoms with Crippen molar-refractivity contribution in [3.8, 4) is 11.5 Å². The lowest BCUT2D eigenvalue weighted by atomic mass is 10.2. The third-order valence-electron chi connectivity index (χ3n) is 2.99. The Hall–Kier alpha value is -1.89. The van der Waals surface area contributed by atoms with Crippen LogP contribution in [0.15, 0.2) is 12.1 Å². The van der Waals surface area contributed by atoms with Gasteiger partial charge in [0.25, 0.3) is 0 Å². The SMILES string of the molecule is CCN(C)c1nc(Cl)nc2cc(OC)c(OC(F)F)cc12. The molecule has 0 fully saturated rings. The van der Waals surface area contributed by atoms with Crippen molar-refractivity contribution in [3.05, 3.63) is 17.4 Å². The smallest absolute Gasteiger partial charge is 0.387 e. The zero-order chi connectivity index (χ0) is 15.6. The van der Waals surface area contributed by atoms with E-state index in [9.17, 15) is 8.78 Å². The van der Waals surface area contributed by atoms with E-state index in [4.69, 9.17) is 16.3 Å². The van der Waals surface area contributed by atoms with Crippen molar-refractivity contribution in [2.24, 2.45) is 0 Å². The van der Waals surface area contributed by atoms with Gasteiger partial charge in [0.15, 0.2) is 11.5 Å². The predicted octanol–water partition coefficient (Wildman–Crippen LogP) is 3.35. The number of methoxy groups -OCH3 is 1. The molecule has 0 aliphatic heterocycles. The number of rotatable bonds is 5. The number of alkyl halides is 2. The van der Waals surface area contributed by atoms with Crippen LogP contribution in [0.25, 0.3) is 10.9 Å². The third kappa shape index (κ3) is 3.24. The van der Waals surface area contributed by atoms with Crippen LogP contribution in [0.5, 0.6) is 11.5 Å². The lowest BCUT2D eigenvalue weighted by Crippen LogP contribution is -2.18. The second kappa shape index (κ2) is 6.26. The molecule has 0 saturated heterocycles. The van der Waals surface area contributed by atoms with E-state index in [1.165, 1.54) is 19.2 Å². The van der Waals surface area contributed by atoms with Gasteiger partial charge in [0.2, 0.25) is 5.28 Å². The average Bonchev–Trinajstić information content (AvgIpc) is 2.44. The van der Waals surface area contributed by atoms with Gasteiger partial charge in [-0.15, -0.1) is 0 Å². The Bertz CT molecular complexity index is 655. The van der Waals surface area contributed by atoms with Gasteiger partial charge < -0.3 is 14.4 Å². The Morgan fingerprint density at radius 1 is 1.29 bits per heavy atom. The maximum absolute atomic E-state index is 12.5. The van der Waals surface area contributed by atoms with E-state index in [1.54, 1.807) is 0 Å². The highest BCUT2D eigenvalue weighted by molar-refractivity contribution is 6.28. The fraction of sp³-hybridized carbons (Fsp3) is 0.385. The quantitative estimate of drug-likeness (QED) is 0.791. The molecule has 21 heavy (non-hydrogen) atoms. The molecule has 8 heteroatoms. The van der Waals surface area contributed by atoms with E-state index in [1.807, 2.05) is 18.9 Å². The Morgan fingerprint density at radius 2 is 2.00 bits per heavy atom. The Labute approximate surface area is 125 Å². The normalized spacial score (nSPS) is 11.0. The molecule has 0 bridgehead atoms. The number of aromatic nitrogens is 2. The van der Waals surface area contributed by atoms with Crippen LogP contribution in [0.1, 0.15) is 6.92 Å². The summed E-state index contributed by atoms with van der Waals surface area (Å²) in [5, 5.41) is 0.627. The molecule has 0 spiro atoms. The van der Waals surface area contributed by atoms with Crippen LogP contribution in [0.4, 0.5) is 14.6 Å². The van der Waals surface area contributed by atoms with E-state index in [0.717, 1.165) is 0 Å². The number of fused-ring (bicyclic) bond motifs is 1. The van der Waals surface area contributed by atoms with Crippen molar-refractivity contribution >= 4 is 28.3 Å². The summed E-state index contributed by atoms with van der Waals surface area (Å²) in [7, 11) is 3.18. The van der Waals surface area contributed by atoms with Crippen LogP contribution < -0.4 is 14.4 Å². The van der Waals surface area contributed by atoms with Crippen LogP contribution >= 0.6 is 11.6 Å². The molecule has 2 aromatic rings. The van der Waals surface area contributed by atoms with Gasteiger partial charge in [0.1, 0.15) is 5.82 Å². The van der Waals surface area contributed by atoms with Crippen molar-refractivity contribution in [1.82, 2.24) is 9.97 Å². The highest BCUT2D eigenvalue weighted by Gasteiger charge is 2.17. The zero-order valence-corrected chi connectivity index (χ0v) is 12.5. The van der Waals surface area contributed by atoms with Crippen LogP contribution in [-0.2, 0) is 0 Å². The Morgan fingerprint density at radius 3 is 2.57 bits per heavy atom. The van der Waals surface area contributed by atoms with Crippen LogP contribution in [0, 0.1) is 0 Å². The summed E-state index contributed by atoms with van der Waals surface area (Å²) in [6.45, 7) is -0.349. The Kier molecular flexibility index (Phi) is 4.62. The van der Waals surface area contributed by atoms with Crippen LogP contribution in [0.2, 0.25) is 5.28 Å². The van der Waals surface area contributed by atoms with Gasteiger partial charge >= 0.3 is 6.61 Å². The molecular weight excluding hydrogens is 304 g/mol. The second-order valence-corrected chi connectivity index (χ2v) is 4.57. The molecule has 5 nitrogen and oxygen atoms in total. The summed E-state index contributed by atoms with van der Waals surface area (Å²) in [5.41, 5.74) is 0.490. The molecule has 0 N–H and O–H groups in total. The largest absolute Gasteiger partial charge is 0.493 e. The minimum atomic E-state index is -2.95. The predicted molar refractivity (Wildman–Crippen MR) is 76.7 cm³/mol. The van der Waals surface area contributed by atoms with Crippen molar-refractivity contribution < 1.29 is 18.3 Å². The molecule has 0 atom stereocenters. The van der Waals surface area contributed by atoms with Crippen molar-refractivity contribution in [2.75, 3.05) is 25.6 Å². The molecule has 0 aliphatic rings. The van der Waals surface area contributed by atoms with Gasteiger partial charge in [-0.3, -0.25) is 0 Å². The van der Waals surface area contributed by atoms with E-state index < -0.39 is 6.61 Å². The summed E-state index contributed by atoms with van der Waals surface area (Å²) < 4.78 is 34.5. The minimum absolute atomic E-state index is 0.0716. The number of anilines is 1. The van der Waals surface area contributed by atoms with Gasteiger partial charge in [-0.2, -0.15) is 13.8 Å². The first-order chi connectivity index (χ1) is 9.96. The number of ether oxygens (including phenoxy) is 2. The molecule has 1 aromatic carbocycles. The molecule has 0 amide bonds. The molecule has 0 radical (unpaired) electrons. The van der Waals surface area contributed by atoms with E-state index >= 15 is 0 Å². The second-order valence-electron chi connectivity index (χ2n) is 4.23. The molecule has 2 rings (SSSR count). The van der Waals surface area contributed by atoms with Crippen molar-refractivity contribution in [3.63, 3.8) is 0 Å². The lowest BCUT2D eigenvalue weighted by molar-refractivity contribution is -0.0511. The van der Waals surface area contributed by atoms with Gasteiger partial charge in [-0.25, -0.2) is 4.98 Å². The minimum Gasteiger partial charge on any atom is -0.493 e. The number of benzene rings is 1. The van der Waals surface area contributed by atoms with E-state index in [-0.39, 0.29) is 16.8 Å². The van der Waals surface area contributed by atoms with Crippen molar-refractivity contribution in [1.29, 1.82) is 0 Å². The molecule has 1 heterocycles. The first-order valence-corrected chi connectivity index (χ1v) is 6.55. The molecular formula is C13H14ClF2N3O2. The standard InChI is InChI=1S/C13H14ClF2N3O2/c1-4-19(2)11-7-5-10(21-13(15)16)9(20-3)6-8(7)17-12(14)18-11/h5-6,13H,4H2,1-3H3. The fourth-order valence-corrected chi connectivity index (χ4v) is 2.05. The number of nitrogens with zero attached hydrogens (tertiary/aromatic N) is 3. The summed E-state index contributed by atoms with van der Waals surface area (Å²) >= 11 is 5.90. The average molecular weight is 318 g/mol. The third-order valence-corrected chi connectivity index (χ3v) is 3.15. The maximum atomic E-state index is 12.5.